The number of ether oxygens (including phenoxy) is 3. The summed E-state index contributed by atoms with van der Waals surface area (Å²) in [6.07, 6.45) is 2.69. The largest absolute Gasteiger partial charge is 0.492 e. The van der Waals surface area contributed by atoms with E-state index in [0.29, 0.717) is 42.2 Å². The van der Waals surface area contributed by atoms with Crippen molar-refractivity contribution in [3.05, 3.63) is 98.8 Å². The molecule has 8 heteroatoms. The molecule has 0 N–H and O–H groups in total. The van der Waals surface area contributed by atoms with Gasteiger partial charge < -0.3 is 18.8 Å². The van der Waals surface area contributed by atoms with Gasteiger partial charge in [0.25, 0.3) is 5.56 Å². The number of esters is 1. The number of benzene rings is 3. The lowest BCUT2D eigenvalue weighted by Gasteiger charge is -2.19. The molecule has 0 saturated heterocycles. The van der Waals surface area contributed by atoms with Crippen LogP contribution in [0.1, 0.15) is 52.7 Å². The number of halogens is 1. The Balaban J connectivity index is 1.30. The Morgan fingerprint density at radius 2 is 1.90 bits per heavy atom. The van der Waals surface area contributed by atoms with Crippen molar-refractivity contribution >= 4 is 5.97 Å². The van der Waals surface area contributed by atoms with Crippen molar-refractivity contribution in [3.8, 4) is 33.9 Å². The Morgan fingerprint density at radius 3 is 2.63 bits per heavy atom. The lowest BCUT2D eigenvalue weighted by molar-refractivity contribution is -0.141. The third kappa shape index (κ3) is 4.88. The van der Waals surface area contributed by atoms with Crippen molar-refractivity contribution in [3.63, 3.8) is 0 Å². The highest BCUT2D eigenvalue weighted by atomic mass is 19.1. The number of nitrogens with zero attached hydrogens (tertiary/aromatic N) is 2. The van der Waals surface area contributed by atoms with Gasteiger partial charge in [-0.1, -0.05) is 12.1 Å². The summed E-state index contributed by atoms with van der Waals surface area (Å²) in [7, 11) is 3.05. The summed E-state index contributed by atoms with van der Waals surface area (Å²) in [5.41, 5.74) is 7.96. The first-order chi connectivity index (χ1) is 19.7. The van der Waals surface area contributed by atoms with Crippen LogP contribution in [0.15, 0.2) is 59.7 Å². The SMILES string of the molecule is COC(=O)C[C@@H]1COc2cc(O[C@@H]3CCc4c(-c5c(C)cc(-c6cc(=O)n(C)cn6)cc5C)ccc(F)c43)ccc21. The smallest absolute Gasteiger partial charge is 0.306 e. The number of aryl methyl sites for hydroxylation is 3. The summed E-state index contributed by atoms with van der Waals surface area (Å²) in [5.74, 6) is 0.671. The van der Waals surface area contributed by atoms with E-state index < -0.39 is 6.10 Å². The summed E-state index contributed by atoms with van der Waals surface area (Å²) in [5, 5.41) is 0. The van der Waals surface area contributed by atoms with Crippen molar-refractivity contribution in [2.24, 2.45) is 7.05 Å². The van der Waals surface area contributed by atoms with Gasteiger partial charge in [0.15, 0.2) is 0 Å². The molecule has 41 heavy (non-hydrogen) atoms. The minimum atomic E-state index is -0.431. The molecule has 0 amide bonds. The van der Waals surface area contributed by atoms with Gasteiger partial charge in [-0.05, 0) is 78.8 Å². The molecule has 3 aromatic carbocycles. The number of carbonyl (C=O) groups excluding carboxylic acids is 1. The van der Waals surface area contributed by atoms with E-state index in [2.05, 4.69) is 4.98 Å². The van der Waals surface area contributed by atoms with Gasteiger partial charge >= 0.3 is 5.97 Å². The van der Waals surface area contributed by atoms with E-state index in [1.54, 1.807) is 7.05 Å². The number of fused-ring (bicyclic) bond motifs is 2. The zero-order chi connectivity index (χ0) is 28.8. The van der Waals surface area contributed by atoms with Crippen LogP contribution >= 0.6 is 0 Å². The predicted octanol–water partition coefficient (Wildman–Crippen LogP) is 5.98. The van der Waals surface area contributed by atoms with E-state index in [1.807, 2.05) is 50.2 Å². The number of hydrogen-bond donors (Lipinski definition) is 0. The van der Waals surface area contributed by atoms with Crippen LogP contribution in [0.5, 0.6) is 11.5 Å². The van der Waals surface area contributed by atoms with Crippen LogP contribution in [0, 0.1) is 19.7 Å². The Kier molecular flexibility index (Phi) is 6.85. The number of methoxy groups -OCH3 is 1. The molecule has 4 aromatic rings. The molecule has 1 aromatic heterocycles. The van der Waals surface area contributed by atoms with E-state index in [9.17, 15) is 9.59 Å². The molecular weight excluding hydrogens is 523 g/mol. The fraction of sp³-hybridized carbons (Fsp3) is 0.303. The van der Waals surface area contributed by atoms with Gasteiger partial charge in [-0.3, -0.25) is 9.59 Å². The molecule has 1 aliphatic carbocycles. The second-order valence-electron chi connectivity index (χ2n) is 10.8. The van der Waals surface area contributed by atoms with E-state index >= 15 is 4.39 Å². The minimum Gasteiger partial charge on any atom is -0.492 e. The summed E-state index contributed by atoms with van der Waals surface area (Å²) >= 11 is 0. The molecule has 7 nitrogen and oxygen atoms in total. The number of aromatic nitrogens is 2. The van der Waals surface area contributed by atoms with Crippen molar-refractivity contribution in [2.45, 2.75) is 45.1 Å². The molecule has 0 saturated carbocycles. The van der Waals surface area contributed by atoms with E-state index in [0.717, 1.165) is 38.9 Å². The van der Waals surface area contributed by atoms with Gasteiger partial charge in [-0.15, -0.1) is 0 Å². The van der Waals surface area contributed by atoms with Gasteiger partial charge in [-0.2, -0.15) is 0 Å². The molecule has 0 radical (unpaired) electrons. The van der Waals surface area contributed by atoms with Crippen molar-refractivity contribution in [2.75, 3.05) is 13.7 Å². The summed E-state index contributed by atoms with van der Waals surface area (Å²) in [6.45, 7) is 4.47. The molecule has 2 atom stereocenters. The van der Waals surface area contributed by atoms with Gasteiger partial charge in [0, 0.05) is 41.8 Å². The highest BCUT2D eigenvalue weighted by Gasteiger charge is 2.32. The standard InChI is InChI=1S/C33H31FN2O5/c1-18-11-20(27-15-30(37)36(3)17-35-27)12-19(2)32(18)24-7-9-26(34)33-25(24)8-10-28(33)41-22-5-6-23-21(13-31(38)39-4)16-40-29(23)14-22/h5-7,9,11-12,14-15,17,21,28H,8,10,13,16H2,1-4H3/t21-,28-/m1/s1. The van der Waals surface area contributed by atoms with Crippen LogP contribution in [-0.2, 0) is 23.0 Å². The minimum absolute atomic E-state index is 0.0559. The molecular formula is C33H31FN2O5. The third-order valence-corrected chi connectivity index (χ3v) is 8.14. The normalized spacial score (nSPS) is 17.1. The van der Waals surface area contributed by atoms with E-state index in [4.69, 9.17) is 14.2 Å². The highest BCUT2D eigenvalue weighted by molar-refractivity contribution is 5.79. The summed E-state index contributed by atoms with van der Waals surface area (Å²) < 4.78 is 33.7. The molecule has 0 unspecified atom stereocenters. The monoisotopic (exact) mass is 554 g/mol. The fourth-order valence-electron chi connectivity index (χ4n) is 6.13. The van der Waals surface area contributed by atoms with Gasteiger partial charge in [0.2, 0.25) is 0 Å². The van der Waals surface area contributed by atoms with Crippen molar-refractivity contribution in [1.29, 1.82) is 0 Å². The van der Waals surface area contributed by atoms with Gasteiger partial charge in [0.1, 0.15) is 23.4 Å². The van der Waals surface area contributed by atoms with Crippen LogP contribution in [0.3, 0.4) is 0 Å². The van der Waals surface area contributed by atoms with Gasteiger partial charge in [-0.25, -0.2) is 9.37 Å². The van der Waals surface area contributed by atoms with E-state index in [-0.39, 0.29) is 29.7 Å². The Labute approximate surface area is 237 Å². The van der Waals surface area contributed by atoms with Gasteiger partial charge in [0.05, 0.1) is 32.2 Å². The van der Waals surface area contributed by atoms with Crippen LogP contribution in [-0.4, -0.2) is 29.2 Å². The molecule has 210 valence electrons. The second kappa shape index (κ2) is 10.5. The molecule has 2 heterocycles. The van der Waals surface area contributed by atoms with E-state index in [1.165, 1.54) is 30.1 Å². The Morgan fingerprint density at radius 1 is 1.12 bits per heavy atom. The molecule has 0 fully saturated rings. The number of hydrogen-bond acceptors (Lipinski definition) is 6. The van der Waals surface area contributed by atoms with Crippen molar-refractivity contribution < 1.29 is 23.4 Å². The quantitative estimate of drug-likeness (QED) is 0.273. The predicted molar refractivity (Wildman–Crippen MR) is 153 cm³/mol. The van der Waals surface area contributed by atoms with Crippen LogP contribution in [0.25, 0.3) is 22.4 Å². The Hall–Kier alpha value is -4.46. The summed E-state index contributed by atoms with van der Waals surface area (Å²) in [4.78, 5) is 28.3. The summed E-state index contributed by atoms with van der Waals surface area (Å²) in [6, 6.07) is 14.6. The van der Waals surface area contributed by atoms with Crippen LogP contribution in [0.2, 0.25) is 0 Å². The van der Waals surface area contributed by atoms with Crippen LogP contribution < -0.4 is 15.0 Å². The number of carbonyl (C=O) groups is 1. The average Bonchev–Trinajstić information content (AvgIpc) is 3.55. The van der Waals surface area contributed by atoms with Crippen LogP contribution in [0.4, 0.5) is 4.39 Å². The second-order valence-corrected chi connectivity index (χ2v) is 10.8. The maximum atomic E-state index is 15.3. The Bertz CT molecular complexity index is 1720. The molecule has 2 aliphatic rings. The molecule has 0 spiro atoms. The lowest BCUT2D eigenvalue weighted by Crippen LogP contribution is -2.15. The molecule has 1 aliphatic heterocycles. The first-order valence-corrected chi connectivity index (χ1v) is 13.7. The zero-order valence-corrected chi connectivity index (χ0v) is 23.5. The fourth-order valence-corrected chi connectivity index (χ4v) is 6.13. The maximum Gasteiger partial charge on any atom is 0.306 e. The third-order valence-electron chi connectivity index (χ3n) is 8.14. The maximum absolute atomic E-state index is 15.3. The average molecular weight is 555 g/mol. The zero-order valence-electron chi connectivity index (χ0n) is 23.5. The number of rotatable bonds is 6. The first kappa shape index (κ1) is 26.7. The topological polar surface area (TPSA) is 79.7 Å². The lowest BCUT2D eigenvalue weighted by atomic mass is 9.88. The van der Waals surface area contributed by atoms with Crippen molar-refractivity contribution in [1.82, 2.24) is 9.55 Å². The molecule has 6 rings (SSSR count). The molecule has 0 bridgehead atoms. The highest BCUT2D eigenvalue weighted by Crippen LogP contribution is 2.45. The first-order valence-electron chi connectivity index (χ1n) is 13.7.